The molecule has 0 aromatic rings. The zero-order valence-electron chi connectivity index (χ0n) is 14.6. The van der Waals surface area contributed by atoms with Crippen LogP contribution in [0.5, 0.6) is 0 Å². The van der Waals surface area contributed by atoms with Gasteiger partial charge in [0.05, 0.1) is 13.2 Å². The first-order chi connectivity index (χ1) is 10.9. The maximum Gasteiger partial charge on any atom is 0.222 e. The fourth-order valence-electron chi connectivity index (χ4n) is 3.17. The molecule has 4 atom stereocenters. The lowest BCUT2D eigenvalue weighted by molar-refractivity contribution is -0.389. The topological polar surface area (TPSA) is 77.4 Å². The fraction of sp³-hybridized carbons (Fsp3) is 1.00. The largest absolute Gasteiger partial charge is 0.394 e. The summed E-state index contributed by atoms with van der Waals surface area (Å²) >= 11 is 0. The minimum absolute atomic E-state index is 0.189. The second-order valence-electron chi connectivity index (χ2n) is 6.98. The number of ether oxygens (including phenoxy) is 4. The van der Waals surface area contributed by atoms with Crippen molar-refractivity contribution < 1.29 is 29.2 Å². The lowest BCUT2D eigenvalue weighted by Gasteiger charge is -2.44. The Bertz CT molecular complexity index is 361. The Labute approximate surface area is 139 Å². The standard InChI is InChI=1S/C17H32O6/c1-4-5-6-7-8-9-10-20-17-12-21-16(2,3)23-15(17)14(19)13(11-18)22-17/h13-15,18-19H,4-12H2,1-3H3/t13-,14-,15+,17+/m1/s1. The molecular weight excluding hydrogens is 300 g/mol. The highest BCUT2D eigenvalue weighted by molar-refractivity contribution is 5.00. The van der Waals surface area contributed by atoms with Gasteiger partial charge in [-0.25, -0.2) is 0 Å². The van der Waals surface area contributed by atoms with Crippen molar-refractivity contribution in [3.8, 4) is 0 Å². The van der Waals surface area contributed by atoms with Crippen LogP contribution in [0.4, 0.5) is 0 Å². The summed E-state index contributed by atoms with van der Waals surface area (Å²) in [6.07, 6.45) is 4.74. The highest BCUT2D eigenvalue weighted by Crippen LogP contribution is 2.41. The lowest BCUT2D eigenvalue weighted by Crippen LogP contribution is -2.59. The third-order valence-corrected chi connectivity index (χ3v) is 4.53. The predicted molar refractivity (Wildman–Crippen MR) is 84.9 cm³/mol. The summed E-state index contributed by atoms with van der Waals surface area (Å²) in [5.41, 5.74) is 0. The second-order valence-corrected chi connectivity index (χ2v) is 6.98. The molecule has 2 fully saturated rings. The summed E-state index contributed by atoms with van der Waals surface area (Å²) in [4.78, 5) is 0. The maximum atomic E-state index is 10.3. The van der Waals surface area contributed by atoms with Crippen LogP contribution in [0.3, 0.4) is 0 Å². The van der Waals surface area contributed by atoms with Gasteiger partial charge in [-0.1, -0.05) is 39.0 Å². The Balaban J connectivity index is 1.86. The molecule has 0 bridgehead atoms. The second kappa shape index (κ2) is 8.23. The van der Waals surface area contributed by atoms with Crippen molar-refractivity contribution in [3.63, 3.8) is 0 Å². The molecule has 2 saturated heterocycles. The molecule has 2 rings (SSSR count). The highest BCUT2D eigenvalue weighted by Gasteiger charge is 2.61. The van der Waals surface area contributed by atoms with E-state index in [1.54, 1.807) is 13.8 Å². The molecule has 2 aliphatic heterocycles. The molecule has 0 amide bonds. The Morgan fingerprint density at radius 2 is 1.78 bits per heavy atom. The minimum Gasteiger partial charge on any atom is -0.394 e. The van der Waals surface area contributed by atoms with Crippen molar-refractivity contribution >= 4 is 0 Å². The first kappa shape index (κ1) is 19.1. The number of fused-ring (bicyclic) bond motifs is 1. The summed E-state index contributed by atoms with van der Waals surface area (Å²) in [6, 6.07) is 0. The summed E-state index contributed by atoms with van der Waals surface area (Å²) in [6.45, 7) is 6.23. The lowest BCUT2D eigenvalue weighted by atomic mass is 10.0. The van der Waals surface area contributed by atoms with Crippen LogP contribution in [0.25, 0.3) is 0 Å². The normalized spacial score (nSPS) is 36.1. The van der Waals surface area contributed by atoms with Crippen LogP contribution in [0.2, 0.25) is 0 Å². The van der Waals surface area contributed by atoms with Crippen molar-refractivity contribution in [2.75, 3.05) is 19.8 Å². The molecule has 0 aromatic carbocycles. The van der Waals surface area contributed by atoms with E-state index in [-0.39, 0.29) is 13.2 Å². The Hall–Kier alpha value is -0.240. The van der Waals surface area contributed by atoms with Gasteiger partial charge in [-0.05, 0) is 20.3 Å². The molecule has 6 heteroatoms. The van der Waals surface area contributed by atoms with Gasteiger partial charge in [0.1, 0.15) is 24.9 Å². The molecule has 0 aromatic heterocycles. The van der Waals surface area contributed by atoms with E-state index in [0.717, 1.165) is 12.8 Å². The van der Waals surface area contributed by atoms with Gasteiger partial charge in [-0.2, -0.15) is 0 Å². The molecule has 2 aliphatic rings. The van der Waals surface area contributed by atoms with E-state index in [9.17, 15) is 10.2 Å². The summed E-state index contributed by atoms with van der Waals surface area (Å²) in [7, 11) is 0. The van der Waals surface area contributed by atoms with Crippen LogP contribution in [-0.4, -0.2) is 59.9 Å². The van der Waals surface area contributed by atoms with Crippen LogP contribution in [0.15, 0.2) is 0 Å². The number of aliphatic hydroxyl groups is 2. The average Bonchev–Trinajstić information content (AvgIpc) is 2.79. The number of unbranched alkanes of at least 4 members (excludes halogenated alkanes) is 5. The van der Waals surface area contributed by atoms with Gasteiger partial charge in [-0.15, -0.1) is 0 Å². The number of hydrogen-bond donors (Lipinski definition) is 2. The monoisotopic (exact) mass is 332 g/mol. The SMILES string of the molecule is CCCCCCCCO[C@]12COC(C)(C)O[C@H]1[C@H](O)[C@@H](CO)O2. The fourth-order valence-corrected chi connectivity index (χ4v) is 3.17. The molecule has 0 saturated carbocycles. The van der Waals surface area contributed by atoms with Gasteiger partial charge in [0, 0.05) is 0 Å². The summed E-state index contributed by atoms with van der Waals surface area (Å²) in [5.74, 6) is -1.92. The smallest absolute Gasteiger partial charge is 0.222 e. The molecule has 2 heterocycles. The highest BCUT2D eigenvalue weighted by atomic mass is 16.8. The molecule has 0 spiro atoms. The zero-order valence-corrected chi connectivity index (χ0v) is 14.6. The van der Waals surface area contributed by atoms with E-state index in [2.05, 4.69) is 6.92 Å². The van der Waals surface area contributed by atoms with Crippen molar-refractivity contribution in [2.24, 2.45) is 0 Å². The van der Waals surface area contributed by atoms with E-state index in [1.807, 2.05) is 0 Å². The first-order valence-corrected chi connectivity index (χ1v) is 8.86. The van der Waals surface area contributed by atoms with Crippen LogP contribution in [-0.2, 0) is 18.9 Å². The van der Waals surface area contributed by atoms with E-state index < -0.39 is 29.9 Å². The Morgan fingerprint density at radius 3 is 2.48 bits per heavy atom. The average molecular weight is 332 g/mol. The van der Waals surface area contributed by atoms with Crippen molar-refractivity contribution in [3.05, 3.63) is 0 Å². The van der Waals surface area contributed by atoms with Crippen LogP contribution in [0, 0.1) is 0 Å². The van der Waals surface area contributed by atoms with Crippen LogP contribution in [0.1, 0.15) is 59.3 Å². The summed E-state index contributed by atoms with van der Waals surface area (Å²) in [5, 5.41) is 19.7. The molecule has 6 nitrogen and oxygen atoms in total. The zero-order chi connectivity index (χ0) is 16.9. The maximum absolute atomic E-state index is 10.3. The van der Waals surface area contributed by atoms with Crippen LogP contribution < -0.4 is 0 Å². The van der Waals surface area contributed by atoms with Crippen LogP contribution >= 0.6 is 0 Å². The number of aliphatic hydroxyl groups excluding tert-OH is 2. The predicted octanol–water partition coefficient (Wildman–Crippen LogP) is 1.96. The number of rotatable bonds is 9. The van der Waals surface area contributed by atoms with Gasteiger partial charge in [0.25, 0.3) is 0 Å². The number of hydrogen-bond acceptors (Lipinski definition) is 6. The van der Waals surface area contributed by atoms with Gasteiger partial charge >= 0.3 is 0 Å². The van der Waals surface area contributed by atoms with Crippen molar-refractivity contribution in [2.45, 2.75) is 89.2 Å². The third-order valence-electron chi connectivity index (χ3n) is 4.53. The Morgan fingerprint density at radius 1 is 1.09 bits per heavy atom. The van der Waals surface area contributed by atoms with Gasteiger partial charge in [-0.3, -0.25) is 0 Å². The van der Waals surface area contributed by atoms with E-state index in [1.165, 1.54) is 25.7 Å². The quantitative estimate of drug-likeness (QED) is 0.629. The van der Waals surface area contributed by atoms with E-state index in [0.29, 0.717) is 6.61 Å². The van der Waals surface area contributed by atoms with E-state index in [4.69, 9.17) is 18.9 Å². The first-order valence-electron chi connectivity index (χ1n) is 8.86. The summed E-state index contributed by atoms with van der Waals surface area (Å²) < 4.78 is 23.2. The molecule has 0 radical (unpaired) electrons. The third kappa shape index (κ3) is 4.65. The molecule has 136 valence electrons. The Kier molecular flexibility index (Phi) is 6.83. The van der Waals surface area contributed by atoms with E-state index >= 15 is 0 Å². The van der Waals surface area contributed by atoms with Crippen molar-refractivity contribution in [1.82, 2.24) is 0 Å². The molecule has 0 aliphatic carbocycles. The molecular formula is C17H32O6. The van der Waals surface area contributed by atoms with Crippen molar-refractivity contribution in [1.29, 1.82) is 0 Å². The van der Waals surface area contributed by atoms with Gasteiger partial charge in [0.15, 0.2) is 5.79 Å². The van der Waals surface area contributed by atoms with Gasteiger partial charge in [0.2, 0.25) is 5.79 Å². The molecule has 23 heavy (non-hydrogen) atoms. The van der Waals surface area contributed by atoms with Gasteiger partial charge < -0.3 is 29.2 Å². The molecule has 2 N–H and O–H groups in total. The molecule has 0 unspecified atom stereocenters. The minimum atomic E-state index is -1.12.